The van der Waals surface area contributed by atoms with Crippen molar-refractivity contribution in [3.05, 3.63) is 53.6 Å². The minimum Gasteiger partial charge on any atom is -0.493 e. The zero-order valence-corrected chi connectivity index (χ0v) is 11.8. The van der Waals surface area contributed by atoms with Crippen LogP contribution in [0.3, 0.4) is 0 Å². The first-order valence-corrected chi connectivity index (χ1v) is 7.01. The molecule has 0 amide bonds. The molecule has 0 fully saturated rings. The van der Waals surface area contributed by atoms with E-state index in [-0.39, 0.29) is 6.10 Å². The molecule has 1 aliphatic rings. The Balaban J connectivity index is 1.90. The zero-order valence-electron chi connectivity index (χ0n) is 11.8. The molecule has 0 aliphatic carbocycles. The molecule has 1 heterocycles. The van der Waals surface area contributed by atoms with Gasteiger partial charge in [-0.2, -0.15) is 0 Å². The highest BCUT2D eigenvalue weighted by molar-refractivity contribution is 5.59. The molecule has 20 heavy (non-hydrogen) atoms. The average molecular weight is 269 g/mol. The van der Waals surface area contributed by atoms with Gasteiger partial charge in [0.1, 0.15) is 17.6 Å². The van der Waals surface area contributed by atoms with E-state index in [1.54, 1.807) is 0 Å². The number of ether oxygens (including phenoxy) is 2. The molecular weight excluding hydrogens is 250 g/mol. The predicted molar refractivity (Wildman–Crippen MR) is 80.6 cm³/mol. The van der Waals surface area contributed by atoms with Crippen molar-refractivity contribution in [3.8, 4) is 11.5 Å². The molecular formula is C17H19NO2. The van der Waals surface area contributed by atoms with E-state index >= 15 is 0 Å². The second kappa shape index (κ2) is 5.45. The van der Waals surface area contributed by atoms with Gasteiger partial charge in [0.2, 0.25) is 0 Å². The smallest absolute Gasteiger partial charge is 0.145 e. The van der Waals surface area contributed by atoms with E-state index < -0.39 is 0 Å². The fourth-order valence-corrected chi connectivity index (χ4v) is 2.48. The third-order valence-corrected chi connectivity index (χ3v) is 3.45. The van der Waals surface area contributed by atoms with E-state index in [2.05, 4.69) is 36.5 Å². The molecule has 3 nitrogen and oxygen atoms in total. The Bertz CT molecular complexity index is 610. The molecule has 1 unspecified atom stereocenters. The maximum Gasteiger partial charge on any atom is 0.145 e. The molecule has 0 aromatic heterocycles. The van der Waals surface area contributed by atoms with E-state index in [9.17, 15) is 0 Å². The predicted octanol–water partition coefficient (Wildman–Crippen LogP) is 3.94. The first-order valence-electron chi connectivity index (χ1n) is 7.01. The van der Waals surface area contributed by atoms with Gasteiger partial charge in [-0.3, -0.25) is 0 Å². The summed E-state index contributed by atoms with van der Waals surface area (Å²) in [7, 11) is 0. The van der Waals surface area contributed by atoms with Crippen LogP contribution in [-0.2, 0) is 0 Å². The minimum absolute atomic E-state index is 0.0213. The molecule has 0 saturated heterocycles. The Morgan fingerprint density at radius 2 is 2.10 bits per heavy atom. The molecule has 2 aromatic rings. The van der Waals surface area contributed by atoms with Gasteiger partial charge in [-0.1, -0.05) is 24.3 Å². The highest BCUT2D eigenvalue weighted by Crippen LogP contribution is 2.37. The number of hydrogen-bond acceptors (Lipinski definition) is 3. The Labute approximate surface area is 119 Å². The normalized spacial score (nSPS) is 16.8. The summed E-state index contributed by atoms with van der Waals surface area (Å²) in [5.41, 5.74) is 3.35. The summed E-state index contributed by atoms with van der Waals surface area (Å²) in [6.07, 6.45) is -0.0213. The maximum absolute atomic E-state index is 6.14. The SMILES string of the molecule is CCOc1ccccc1C1CNc2ccc(C)cc2O1. The number of aryl methyl sites for hydroxylation is 1. The Hall–Kier alpha value is -2.16. The van der Waals surface area contributed by atoms with Gasteiger partial charge in [0.05, 0.1) is 18.8 Å². The molecule has 0 radical (unpaired) electrons. The first-order chi connectivity index (χ1) is 9.78. The third-order valence-electron chi connectivity index (χ3n) is 3.45. The monoisotopic (exact) mass is 269 g/mol. The van der Waals surface area contributed by atoms with Gasteiger partial charge in [-0.05, 0) is 37.6 Å². The Morgan fingerprint density at radius 1 is 1.25 bits per heavy atom. The number of para-hydroxylation sites is 1. The number of fused-ring (bicyclic) bond motifs is 1. The van der Waals surface area contributed by atoms with Gasteiger partial charge in [-0.25, -0.2) is 0 Å². The molecule has 1 N–H and O–H groups in total. The van der Waals surface area contributed by atoms with Gasteiger partial charge >= 0.3 is 0 Å². The van der Waals surface area contributed by atoms with Crippen molar-refractivity contribution >= 4 is 5.69 Å². The Morgan fingerprint density at radius 3 is 2.95 bits per heavy atom. The van der Waals surface area contributed by atoms with Gasteiger partial charge in [0, 0.05) is 5.56 Å². The molecule has 0 bridgehead atoms. The van der Waals surface area contributed by atoms with Crippen molar-refractivity contribution in [1.82, 2.24) is 0 Å². The number of rotatable bonds is 3. The molecule has 2 aromatic carbocycles. The number of nitrogens with one attached hydrogen (secondary N) is 1. The second-order valence-corrected chi connectivity index (χ2v) is 4.96. The van der Waals surface area contributed by atoms with E-state index in [0.29, 0.717) is 6.61 Å². The van der Waals surface area contributed by atoms with Gasteiger partial charge in [0.25, 0.3) is 0 Å². The van der Waals surface area contributed by atoms with Crippen molar-refractivity contribution < 1.29 is 9.47 Å². The van der Waals surface area contributed by atoms with Gasteiger partial charge in [-0.15, -0.1) is 0 Å². The lowest BCUT2D eigenvalue weighted by molar-refractivity contribution is 0.203. The van der Waals surface area contributed by atoms with Crippen molar-refractivity contribution in [2.45, 2.75) is 20.0 Å². The molecule has 0 spiro atoms. The van der Waals surface area contributed by atoms with Crippen LogP contribution in [0.5, 0.6) is 11.5 Å². The van der Waals surface area contributed by atoms with E-state index in [1.807, 2.05) is 25.1 Å². The highest BCUT2D eigenvalue weighted by atomic mass is 16.5. The minimum atomic E-state index is -0.0213. The topological polar surface area (TPSA) is 30.5 Å². The zero-order chi connectivity index (χ0) is 13.9. The summed E-state index contributed by atoms with van der Waals surface area (Å²) in [5.74, 6) is 1.81. The summed E-state index contributed by atoms with van der Waals surface area (Å²) >= 11 is 0. The summed E-state index contributed by atoms with van der Waals surface area (Å²) in [4.78, 5) is 0. The van der Waals surface area contributed by atoms with E-state index in [0.717, 1.165) is 29.3 Å². The number of anilines is 1. The summed E-state index contributed by atoms with van der Waals surface area (Å²) in [6.45, 7) is 5.48. The van der Waals surface area contributed by atoms with E-state index in [1.165, 1.54) is 5.56 Å². The maximum atomic E-state index is 6.14. The molecule has 0 saturated carbocycles. The van der Waals surface area contributed by atoms with Crippen molar-refractivity contribution in [1.29, 1.82) is 0 Å². The number of hydrogen-bond donors (Lipinski definition) is 1. The second-order valence-electron chi connectivity index (χ2n) is 4.96. The summed E-state index contributed by atoms with van der Waals surface area (Å²) in [6, 6.07) is 14.3. The fraction of sp³-hybridized carbons (Fsp3) is 0.294. The van der Waals surface area contributed by atoms with Crippen LogP contribution >= 0.6 is 0 Å². The van der Waals surface area contributed by atoms with Crippen LogP contribution in [0.1, 0.15) is 24.2 Å². The van der Waals surface area contributed by atoms with Crippen molar-refractivity contribution in [3.63, 3.8) is 0 Å². The Kier molecular flexibility index (Phi) is 3.50. The molecule has 1 aliphatic heterocycles. The third kappa shape index (κ3) is 2.44. The van der Waals surface area contributed by atoms with Gasteiger partial charge in [0.15, 0.2) is 0 Å². The average Bonchev–Trinajstić information content (AvgIpc) is 2.47. The van der Waals surface area contributed by atoms with Crippen molar-refractivity contribution in [2.24, 2.45) is 0 Å². The summed E-state index contributed by atoms with van der Waals surface area (Å²) in [5, 5.41) is 3.43. The molecule has 3 rings (SSSR count). The van der Waals surface area contributed by atoms with Crippen LogP contribution in [-0.4, -0.2) is 13.2 Å². The van der Waals surface area contributed by atoms with Crippen LogP contribution in [0, 0.1) is 6.92 Å². The highest BCUT2D eigenvalue weighted by Gasteiger charge is 2.23. The molecule has 1 atom stereocenters. The van der Waals surface area contributed by atoms with Crippen LogP contribution in [0.2, 0.25) is 0 Å². The van der Waals surface area contributed by atoms with Crippen LogP contribution in [0.25, 0.3) is 0 Å². The number of benzene rings is 2. The summed E-state index contributed by atoms with van der Waals surface area (Å²) < 4.78 is 11.8. The molecule has 3 heteroatoms. The van der Waals surface area contributed by atoms with E-state index in [4.69, 9.17) is 9.47 Å². The molecule has 104 valence electrons. The van der Waals surface area contributed by atoms with Crippen LogP contribution in [0.4, 0.5) is 5.69 Å². The standard InChI is InChI=1S/C17H19NO2/c1-3-19-15-7-5-4-6-13(15)17-11-18-14-9-8-12(2)10-16(14)20-17/h4-10,17-18H,3,11H2,1-2H3. The lowest BCUT2D eigenvalue weighted by Crippen LogP contribution is -2.24. The largest absolute Gasteiger partial charge is 0.493 e. The van der Waals surface area contributed by atoms with Crippen molar-refractivity contribution in [2.75, 3.05) is 18.5 Å². The lowest BCUT2D eigenvalue weighted by Gasteiger charge is -2.29. The van der Waals surface area contributed by atoms with Gasteiger partial charge < -0.3 is 14.8 Å². The lowest BCUT2D eigenvalue weighted by atomic mass is 10.1. The quantitative estimate of drug-likeness (QED) is 0.915. The van der Waals surface area contributed by atoms with Crippen LogP contribution in [0.15, 0.2) is 42.5 Å². The fourth-order valence-electron chi connectivity index (χ4n) is 2.48. The first kappa shape index (κ1) is 12.9. The van der Waals surface area contributed by atoms with Crippen LogP contribution < -0.4 is 14.8 Å².